The molecule has 0 heterocycles. The molecule has 1 saturated carbocycles. The maximum atomic E-state index is 10.6. The van der Waals surface area contributed by atoms with Crippen molar-refractivity contribution in [3.05, 3.63) is 35.0 Å². The molecule has 1 aromatic rings. The summed E-state index contributed by atoms with van der Waals surface area (Å²) in [6.45, 7) is 0. The number of hydrogen-bond acceptors (Lipinski definition) is 2. The quantitative estimate of drug-likeness (QED) is 0.587. The van der Waals surface area contributed by atoms with Gasteiger partial charge in [-0.3, -0.25) is 0 Å². The number of alkyl halides is 1. The first kappa shape index (κ1) is 9.93. The van der Waals surface area contributed by atoms with Crippen molar-refractivity contribution in [2.24, 2.45) is 5.92 Å². The highest BCUT2D eigenvalue weighted by molar-refractivity contribution is 6.22. The maximum Gasteiger partial charge on any atom is 0.163 e. The Balaban J connectivity index is 1.99. The van der Waals surface area contributed by atoms with Gasteiger partial charge in [-0.05, 0) is 24.3 Å². The molecular formula is C10H12ClNO2. The number of quaternary nitrogens is 1. The zero-order valence-corrected chi connectivity index (χ0v) is 8.37. The van der Waals surface area contributed by atoms with Gasteiger partial charge in [-0.2, -0.15) is 5.23 Å². The molecule has 0 aromatic heterocycles. The largest absolute Gasteiger partial charge is 0.595 e. The van der Waals surface area contributed by atoms with Crippen LogP contribution in [0.15, 0.2) is 24.3 Å². The Morgan fingerprint density at radius 3 is 2.43 bits per heavy atom. The number of rotatable bonds is 3. The summed E-state index contributed by atoms with van der Waals surface area (Å²) in [5, 5.41) is 18.7. The van der Waals surface area contributed by atoms with Gasteiger partial charge in [0.15, 0.2) is 5.69 Å². The fourth-order valence-electron chi connectivity index (χ4n) is 1.51. The molecule has 3 atom stereocenters. The molecule has 0 bridgehead atoms. The molecule has 1 aromatic carbocycles. The van der Waals surface area contributed by atoms with Crippen molar-refractivity contribution in [2.75, 3.05) is 0 Å². The van der Waals surface area contributed by atoms with E-state index >= 15 is 0 Å². The summed E-state index contributed by atoms with van der Waals surface area (Å²) in [5.74, 6) is 0.590. The normalized spacial score (nSPS) is 27.4. The van der Waals surface area contributed by atoms with Crippen LogP contribution in [0, 0.1) is 11.1 Å². The highest BCUT2D eigenvalue weighted by Crippen LogP contribution is 2.38. The van der Waals surface area contributed by atoms with Gasteiger partial charge in [0.1, 0.15) is 0 Å². The third-order valence-corrected chi connectivity index (χ3v) is 3.07. The van der Waals surface area contributed by atoms with Crippen LogP contribution in [0.3, 0.4) is 0 Å². The molecule has 0 spiro atoms. The third kappa shape index (κ3) is 2.25. The van der Waals surface area contributed by atoms with Crippen LogP contribution in [0.25, 0.3) is 0 Å². The van der Waals surface area contributed by atoms with E-state index < -0.39 is 5.23 Å². The van der Waals surface area contributed by atoms with Crippen molar-refractivity contribution in [2.45, 2.75) is 18.2 Å². The summed E-state index contributed by atoms with van der Waals surface area (Å²) in [4.78, 5) is 0. The fourth-order valence-corrected chi connectivity index (χ4v) is 1.83. The van der Waals surface area contributed by atoms with Crippen LogP contribution in [0.5, 0.6) is 0 Å². The molecule has 1 fully saturated rings. The molecule has 0 saturated heterocycles. The van der Waals surface area contributed by atoms with E-state index in [1.807, 2.05) is 12.1 Å². The first-order chi connectivity index (χ1) is 6.66. The zero-order chi connectivity index (χ0) is 10.1. The second kappa shape index (κ2) is 3.87. The Labute approximate surface area is 87.4 Å². The average molecular weight is 214 g/mol. The summed E-state index contributed by atoms with van der Waals surface area (Å²) >= 11 is 5.89. The standard InChI is InChI=1S/C10H12ClNO2/c11-10-6-8(10)5-7-1-3-9(4-2-7)12(13)14/h1-4,8,10,12-13H,5-6H2/t8-,10-/m1/s1. The highest BCUT2D eigenvalue weighted by atomic mass is 35.5. The van der Waals surface area contributed by atoms with Crippen LogP contribution in [0.2, 0.25) is 0 Å². The molecule has 4 heteroatoms. The summed E-state index contributed by atoms with van der Waals surface area (Å²) in [7, 11) is 0. The van der Waals surface area contributed by atoms with Gasteiger partial charge >= 0.3 is 0 Å². The van der Waals surface area contributed by atoms with Crippen molar-refractivity contribution < 1.29 is 10.4 Å². The Bertz CT molecular complexity index is 312. The van der Waals surface area contributed by atoms with E-state index in [4.69, 9.17) is 16.8 Å². The van der Waals surface area contributed by atoms with E-state index in [9.17, 15) is 5.21 Å². The van der Waals surface area contributed by atoms with Gasteiger partial charge in [-0.25, -0.2) is 5.21 Å². The molecule has 76 valence electrons. The Morgan fingerprint density at radius 1 is 1.43 bits per heavy atom. The first-order valence-electron chi connectivity index (χ1n) is 4.63. The van der Waals surface area contributed by atoms with Crippen molar-refractivity contribution in [3.63, 3.8) is 0 Å². The van der Waals surface area contributed by atoms with Crippen molar-refractivity contribution in [1.82, 2.24) is 0 Å². The van der Waals surface area contributed by atoms with Crippen LogP contribution in [-0.2, 0) is 6.42 Å². The van der Waals surface area contributed by atoms with Crippen LogP contribution in [0.1, 0.15) is 12.0 Å². The molecule has 1 aliphatic carbocycles. The topological polar surface area (TPSA) is 47.7 Å². The number of halogens is 1. The lowest BCUT2D eigenvalue weighted by Crippen LogP contribution is -2.99. The number of nitrogens with one attached hydrogen (secondary N) is 1. The van der Waals surface area contributed by atoms with E-state index in [2.05, 4.69) is 0 Å². The van der Waals surface area contributed by atoms with Gasteiger partial charge in [-0.15, -0.1) is 11.6 Å². The van der Waals surface area contributed by atoms with Crippen LogP contribution >= 0.6 is 11.6 Å². The van der Waals surface area contributed by atoms with Gasteiger partial charge in [-0.1, -0.05) is 12.1 Å². The van der Waals surface area contributed by atoms with Gasteiger partial charge in [0, 0.05) is 17.5 Å². The molecule has 0 aliphatic heterocycles. The molecule has 1 unspecified atom stereocenters. The molecule has 2 N–H and O–H groups in total. The SMILES string of the molecule is [O-][NH+](O)c1ccc(C[C@@H]2C[C@H]2Cl)cc1. The van der Waals surface area contributed by atoms with Gasteiger partial charge < -0.3 is 5.21 Å². The number of benzene rings is 1. The minimum atomic E-state index is -0.877. The molecule has 3 nitrogen and oxygen atoms in total. The van der Waals surface area contributed by atoms with E-state index in [0.29, 0.717) is 17.0 Å². The Hall–Kier alpha value is -0.610. The molecule has 0 amide bonds. The Morgan fingerprint density at radius 2 is 2.00 bits per heavy atom. The van der Waals surface area contributed by atoms with Crippen LogP contribution < -0.4 is 5.23 Å². The highest BCUT2D eigenvalue weighted by Gasteiger charge is 2.34. The molecule has 2 rings (SSSR count). The predicted octanol–water partition coefficient (Wildman–Crippen LogP) is 1.26. The molecular weight excluding hydrogens is 202 g/mol. The van der Waals surface area contributed by atoms with Crippen LogP contribution in [0.4, 0.5) is 5.69 Å². The Kier molecular flexibility index (Phi) is 2.74. The fraction of sp³-hybridized carbons (Fsp3) is 0.400. The molecule has 0 radical (unpaired) electrons. The van der Waals surface area contributed by atoms with Crippen LogP contribution in [-0.4, -0.2) is 10.6 Å². The minimum Gasteiger partial charge on any atom is -0.595 e. The predicted molar refractivity (Wildman–Crippen MR) is 53.7 cm³/mol. The second-order valence-corrected chi connectivity index (χ2v) is 4.28. The zero-order valence-electron chi connectivity index (χ0n) is 7.61. The van der Waals surface area contributed by atoms with Crippen molar-refractivity contribution >= 4 is 17.3 Å². The lowest BCUT2D eigenvalue weighted by molar-refractivity contribution is -0.991. The summed E-state index contributed by atoms with van der Waals surface area (Å²) in [5.41, 5.74) is 1.51. The average Bonchev–Trinajstić information content (AvgIpc) is 2.82. The van der Waals surface area contributed by atoms with Gasteiger partial charge in [0.25, 0.3) is 0 Å². The molecule has 14 heavy (non-hydrogen) atoms. The summed E-state index contributed by atoms with van der Waals surface area (Å²) < 4.78 is 0. The lowest BCUT2D eigenvalue weighted by Gasteiger charge is -2.11. The van der Waals surface area contributed by atoms with E-state index in [-0.39, 0.29) is 0 Å². The van der Waals surface area contributed by atoms with E-state index in [0.717, 1.165) is 12.8 Å². The maximum absolute atomic E-state index is 10.6. The monoisotopic (exact) mass is 213 g/mol. The minimum absolute atomic E-state index is 0.328. The molecule has 1 aliphatic rings. The first-order valence-corrected chi connectivity index (χ1v) is 5.07. The third-order valence-electron chi connectivity index (χ3n) is 2.54. The lowest BCUT2D eigenvalue weighted by atomic mass is 10.1. The second-order valence-electron chi connectivity index (χ2n) is 3.72. The van der Waals surface area contributed by atoms with Gasteiger partial charge in [0.2, 0.25) is 0 Å². The van der Waals surface area contributed by atoms with E-state index in [1.165, 1.54) is 5.56 Å². The van der Waals surface area contributed by atoms with Gasteiger partial charge in [0.05, 0.1) is 0 Å². The smallest absolute Gasteiger partial charge is 0.163 e. The van der Waals surface area contributed by atoms with Crippen molar-refractivity contribution in [3.8, 4) is 0 Å². The van der Waals surface area contributed by atoms with Crippen molar-refractivity contribution in [1.29, 1.82) is 0 Å². The number of hydrogen-bond donors (Lipinski definition) is 2. The summed E-state index contributed by atoms with van der Waals surface area (Å²) in [6.07, 6.45) is 2.05. The summed E-state index contributed by atoms with van der Waals surface area (Å²) in [6, 6.07) is 7.02. The van der Waals surface area contributed by atoms with E-state index in [1.54, 1.807) is 12.1 Å².